The highest BCUT2D eigenvalue weighted by molar-refractivity contribution is 8.13. The first-order valence-corrected chi connectivity index (χ1v) is 7.27. The van der Waals surface area contributed by atoms with Gasteiger partial charge in [-0.2, -0.15) is 0 Å². The summed E-state index contributed by atoms with van der Waals surface area (Å²) < 4.78 is 0. The Bertz CT molecular complexity index is 450. The van der Waals surface area contributed by atoms with Gasteiger partial charge in [-0.3, -0.25) is 15.4 Å². The summed E-state index contributed by atoms with van der Waals surface area (Å²) in [6.45, 7) is 2.57. The lowest BCUT2D eigenvalue weighted by molar-refractivity contribution is -0.112. The second kappa shape index (κ2) is 8.70. The number of hydrogen-bond donors (Lipinski definition) is 4. The van der Waals surface area contributed by atoms with Crippen LogP contribution in [0.25, 0.3) is 0 Å². The van der Waals surface area contributed by atoms with Crippen molar-refractivity contribution in [2.75, 3.05) is 13.1 Å². The van der Waals surface area contributed by atoms with Crippen LogP contribution in [0.15, 0.2) is 24.3 Å². The van der Waals surface area contributed by atoms with E-state index >= 15 is 0 Å². The Morgan fingerprint density at radius 2 is 1.95 bits per heavy atom. The van der Waals surface area contributed by atoms with Crippen molar-refractivity contribution < 1.29 is 9.59 Å². The van der Waals surface area contributed by atoms with Gasteiger partial charge in [-0.15, -0.1) is 0 Å². The van der Waals surface area contributed by atoms with Crippen LogP contribution < -0.4 is 22.3 Å². The number of nitrogens with two attached hydrogens (primary N) is 2. The summed E-state index contributed by atoms with van der Waals surface area (Å²) in [5, 5.41) is 2.68. The summed E-state index contributed by atoms with van der Waals surface area (Å²) >= 11 is 1.19. The second-order valence-electron chi connectivity index (χ2n) is 4.24. The van der Waals surface area contributed by atoms with Crippen LogP contribution in [0.5, 0.6) is 0 Å². The van der Waals surface area contributed by atoms with Gasteiger partial charge in [0.1, 0.15) is 0 Å². The first kappa shape index (κ1) is 16.6. The highest BCUT2D eigenvalue weighted by Gasteiger charge is 2.11. The van der Waals surface area contributed by atoms with Gasteiger partial charge in [0.2, 0.25) is 5.12 Å². The predicted octanol–water partition coefficient (Wildman–Crippen LogP) is -0.0133. The van der Waals surface area contributed by atoms with E-state index in [9.17, 15) is 9.59 Å². The molecule has 0 radical (unpaired) electrons. The highest BCUT2D eigenvalue weighted by Crippen LogP contribution is 2.15. The Morgan fingerprint density at radius 1 is 1.30 bits per heavy atom. The lowest BCUT2D eigenvalue weighted by Gasteiger charge is -2.08. The number of carbonyl (C=O) groups excluding carboxylic acids is 2. The van der Waals surface area contributed by atoms with Crippen molar-refractivity contribution in [1.82, 2.24) is 10.7 Å². The molecule has 0 saturated carbocycles. The Labute approximate surface area is 122 Å². The minimum absolute atomic E-state index is 0.0164. The fraction of sp³-hybridized carbons (Fsp3) is 0.385. The molecule has 1 atom stereocenters. The Balaban J connectivity index is 2.50. The average Bonchev–Trinajstić information content (AvgIpc) is 2.49. The van der Waals surface area contributed by atoms with Crippen molar-refractivity contribution in [3.8, 4) is 0 Å². The molecule has 0 aromatic heterocycles. The Kier molecular flexibility index (Phi) is 7.24. The number of carbonyl (C=O) groups is 2. The number of nitrogens with one attached hydrogen (secondary N) is 2. The first-order chi connectivity index (χ1) is 9.58. The lowest BCUT2D eigenvalue weighted by atomic mass is 10.1. The standard InChI is InChI=1S/C13H20N4O2S/c1-9(17-15)13(19)20-8-10-2-4-11(5-3-10)12(18)16-7-6-14/h2-5,9,17H,6-8,14-15H2,1H3,(H,16,18)/t9-/m0/s1. The lowest BCUT2D eigenvalue weighted by Crippen LogP contribution is -2.37. The molecule has 0 aliphatic heterocycles. The quantitative estimate of drug-likeness (QED) is 0.416. The molecular formula is C13H20N4O2S. The van der Waals surface area contributed by atoms with E-state index in [0.29, 0.717) is 24.4 Å². The van der Waals surface area contributed by atoms with E-state index in [1.165, 1.54) is 11.8 Å². The van der Waals surface area contributed by atoms with Crippen LogP contribution in [-0.2, 0) is 10.5 Å². The smallest absolute Gasteiger partial charge is 0.251 e. The van der Waals surface area contributed by atoms with Crippen molar-refractivity contribution >= 4 is 22.8 Å². The monoisotopic (exact) mass is 296 g/mol. The first-order valence-electron chi connectivity index (χ1n) is 6.28. The van der Waals surface area contributed by atoms with Crippen molar-refractivity contribution in [3.05, 3.63) is 35.4 Å². The van der Waals surface area contributed by atoms with Gasteiger partial charge in [-0.1, -0.05) is 23.9 Å². The fourth-order valence-electron chi connectivity index (χ4n) is 1.39. The minimum atomic E-state index is -0.374. The zero-order valence-corrected chi connectivity index (χ0v) is 12.2. The third-order valence-electron chi connectivity index (χ3n) is 2.63. The van der Waals surface area contributed by atoms with Gasteiger partial charge in [0, 0.05) is 24.4 Å². The number of amides is 1. The molecule has 0 aliphatic carbocycles. The molecule has 6 nitrogen and oxygen atoms in total. The maximum Gasteiger partial charge on any atom is 0.251 e. The van der Waals surface area contributed by atoms with Gasteiger partial charge < -0.3 is 11.1 Å². The third kappa shape index (κ3) is 5.30. The molecule has 1 aromatic rings. The number of hydrogen-bond acceptors (Lipinski definition) is 6. The average molecular weight is 296 g/mol. The highest BCUT2D eigenvalue weighted by atomic mass is 32.2. The summed E-state index contributed by atoms with van der Waals surface area (Å²) in [6.07, 6.45) is 0. The molecule has 20 heavy (non-hydrogen) atoms. The SMILES string of the molecule is C[C@H](NN)C(=O)SCc1ccc(C(=O)NCCN)cc1. The fourth-order valence-corrected chi connectivity index (χ4v) is 2.21. The molecule has 6 N–H and O–H groups in total. The molecule has 0 unspecified atom stereocenters. The third-order valence-corrected chi connectivity index (χ3v) is 3.75. The molecule has 0 aliphatic rings. The number of rotatable bonds is 7. The zero-order chi connectivity index (χ0) is 15.0. The molecule has 1 aromatic carbocycles. The largest absolute Gasteiger partial charge is 0.351 e. The van der Waals surface area contributed by atoms with Gasteiger partial charge in [-0.05, 0) is 24.6 Å². The summed E-state index contributed by atoms with van der Waals surface area (Å²) in [5.74, 6) is 5.60. The second-order valence-corrected chi connectivity index (χ2v) is 5.22. The summed E-state index contributed by atoms with van der Waals surface area (Å²) in [6, 6.07) is 6.76. The normalized spacial score (nSPS) is 11.9. The molecule has 110 valence electrons. The summed E-state index contributed by atoms with van der Waals surface area (Å²) in [5.41, 5.74) is 9.28. The molecular weight excluding hydrogens is 276 g/mol. The molecule has 0 spiro atoms. The van der Waals surface area contributed by atoms with Crippen LogP contribution in [0.1, 0.15) is 22.8 Å². The number of benzene rings is 1. The van der Waals surface area contributed by atoms with Crippen LogP contribution in [0.2, 0.25) is 0 Å². The zero-order valence-electron chi connectivity index (χ0n) is 11.4. The molecule has 1 rings (SSSR count). The van der Waals surface area contributed by atoms with Gasteiger partial charge in [-0.25, -0.2) is 5.43 Å². The Hall–Kier alpha value is -1.41. The maximum absolute atomic E-state index is 11.7. The predicted molar refractivity (Wildman–Crippen MR) is 80.9 cm³/mol. The number of thioether (sulfide) groups is 1. The molecule has 0 heterocycles. The van der Waals surface area contributed by atoms with Crippen LogP contribution in [0.3, 0.4) is 0 Å². The van der Waals surface area contributed by atoms with Crippen LogP contribution >= 0.6 is 11.8 Å². The van der Waals surface area contributed by atoms with Gasteiger partial charge in [0.15, 0.2) is 0 Å². The maximum atomic E-state index is 11.7. The van der Waals surface area contributed by atoms with E-state index in [0.717, 1.165) is 5.56 Å². The van der Waals surface area contributed by atoms with E-state index in [4.69, 9.17) is 11.6 Å². The molecule has 1 amide bonds. The Morgan fingerprint density at radius 3 is 2.50 bits per heavy atom. The van der Waals surface area contributed by atoms with Crippen molar-refractivity contribution in [1.29, 1.82) is 0 Å². The van der Waals surface area contributed by atoms with E-state index in [-0.39, 0.29) is 17.1 Å². The number of hydrazine groups is 1. The van der Waals surface area contributed by atoms with Crippen molar-refractivity contribution in [2.24, 2.45) is 11.6 Å². The summed E-state index contributed by atoms with van der Waals surface area (Å²) in [4.78, 5) is 23.2. The van der Waals surface area contributed by atoms with E-state index in [2.05, 4.69) is 10.7 Å². The van der Waals surface area contributed by atoms with Crippen LogP contribution in [0.4, 0.5) is 0 Å². The minimum Gasteiger partial charge on any atom is -0.351 e. The van der Waals surface area contributed by atoms with Gasteiger partial charge in [0.25, 0.3) is 5.91 Å². The van der Waals surface area contributed by atoms with Gasteiger partial charge >= 0.3 is 0 Å². The van der Waals surface area contributed by atoms with E-state index < -0.39 is 0 Å². The molecule has 0 bridgehead atoms. The molecule has 0 saturated heterocycles. The van der Waals surface area contributed by atoms with Crippen molar-refractivity contribution in [2.45, 2.75) is 18.7 Å². The summed E-state index contributed by atoms with van der Waals surface area (Å²) in [7, 11) is 0. The van der Waals surface area contributed by atoms with E-state index in [1.807, 2.05) is 12.1 Å². The van der Waals surface area contributed by atoms with Crippen LogP contribution in [0, 0.1) is 0 Å². The molecule has 7 heteroatoms. The molecule has 0 fully saturated rings. The van der Waals surface area contributed by atoms with Crippen LogP contribution in [-0.4, -0.2) is 30.2 Å². The van der Waals surface area contributed by atoms with Gasteiger partial charge in [0.05, 0.1) is 6.04 Å². The topological polar surface area (TPSA) is 110 Å². The van der Waals surface area contributed by atoms with E-state index in [1.54, 1.807) is 19.1 Å². The van der Waals surface area contributed by atoms with Crippen molar-refractivity contribution in [3.63, 3.8) is 0 Å².